The van der Waals surface area contributed by atoms with Crippen LogP contribution in [0.15, 0.2) is 0 Å². The minimum absolute atomic E-state index is 0.0523. The Morgan fingerprint density at radius 3 is 2.35 bits per heavy atom. The van der Waals surface area contributed by atoms with Crippen LogP contribution in [-0.2, 0) is 9.53 Å². The van der Waals surface area contributed by atoms with Gasteiger partial charge in [-0.2, -0.15) is 0 Å². The van der Waals surface area contributed by atoms with Crippen LogP contribution in [0, 0.1) is 5.41 Å². The fourth-order valence-electron chi connectivity index (χ4n) is 1.58. The minimum atomic E-state index is -0.455. The van der Waals surface area contributed by atoms with Gasteiger partial charge in [-0.1, -0.05) is 36.7 Å². The van der Waals surface area contributed by atoms with Crippen molar-refractivity contribution < 1.29 is 14.3 Å². The first kappa shape index (κ1) is 16.4. The Kier molecular flexibility index (Phi) is 7.43. The smallest absolute Gasteiger partial charge is 0.407 e. The summed E-state index contributed by atoms with van der Waals surface area (Å²) in [4.78, 5) is 22.8. The molecule has 1 amide bonds. The van der Waals surface area contributed by atoms with Gasteiger partial charge in [-0.05, 0) is 18.8 Å². The molecule has 0 spiro atoms. The molecule has 0 aromatic rings. The monoisotopic (exact) mass is 307 g/mol. The van der Waals surface area contributed by atoms with E-state index in [0.717, 1.165) is 6.42 Å². The number of carbonyl (C=O) groups is 2. The number of ether oxygens (including phenoxy) is 1. The first-order valence-electron chi connectivity index (χ1n) is 5.79. The molecule has 17 heavy (non-hydrogen) atoms. The van der Waals surface area contributed by atoms with E-state index in [0.29, 0.717) is 18.4 Å². The average molecular weight is 308 g/mol. The number of rotatable bonds is 6. The number of alkyl halides is 1. The van der Waals surface area contributed by atoms with E-state index < -0.39 is 6.09 Å². The molecule has 0 aromatic heterocycles. The number of ketones is 1. The number of halogens is 1. The maximum atomic E-state index is 11.4. The molecular formula is C12H22BrNO3. The number of amides is 1. The van der Waals surface area contributed by atoms with E-state index in [4.69, 9.17) is 4.74 Å². The van der Waals surface area contributed by atoms with E-state index >= 15 is 0 Å². The fraction of sp³-hybridized carbons (Fsp3) is 0.833. The van der Waals surface area contributed by atoms with Gasteiger partial charge in [0, 0.05) is 12.5 Å². The van der Waals surface area contributed by atoms with Crippen LogP contribution in [0.3, 0.4) is 0 Å². The lowest BCUT2D eigenvalue weighted by molar-refractivity contribution is -0.117. The Balaban J connectivity index is 4.39. The molecule has 0 saturated heterocycles. The maximum Gasteiger partial charge on any atom is 0.407 e. The van der Waals surface area contributed by atoms with Crippen molar-refractivity contribution >= 4 is 27.8 Å². The van der Waals surface area contributed by atoms with Crippen LogP contribution >= 0.6 is 15.9 Å². The average Bonchev–Trinajstić information content (AvgIpc) is 2.14. The number of alkyl carbamates (subject to hydrolysis) is 1. The molecule has 1 atom stereocenters. The SMILES string of the molecule is CCOC(=O)NC(CC(=O)CBr)CC(C)(C)C. The Bertz CT molecular complexity index is 261. The maximum absolute atomic E-state index is 11.4. The highest BCUT2D eigenvalue weighted by Gasteiger charge is 2.22. The van der Waals surface area contributed by atoms with Gasteiger partial charge in [0.15, 0.2) is 0 Å². The van der Waals surface area contributed by atoms with E-state index in [-0.39, 0.29) is 17.2 Å². The van der Waals surface area contributed by atoms with Gasteiger partial charge in [0.05, 0.1) is 11.9 Å². The summed E-state index contributed by atoms with van der Waals surface area (Å²) < 4.78 is 4.83. The van der Waals surface area contributed by atoms with Crippen LogP contribution in [0.2, 0.25) is 0 Å². The summed E-state index contributed by atoms with van der Waals surface area (Å²) in [6.07, 6.45) is 0.621. The zero-order valence-corrected chi connectivity index (χ0v) is 12.6. The third-order valence-corrected chi connectivity index (χ3v) is 2.70. The molecule has 0 aromatic carbocycles. The van der Waals surface area contributed by atoms with Crippen LogP contribution in [0.4, 0.5) is 4.79 Å². The van der Waals surface area contributed by atoms with Gasteiger partial charge in [-0.3, -0.25) is 4.79 Å². The summed E-state index contributed by atoms with van der Waals surface area (Å²) in [7, 11) is 0. The highest BCUT2D eigenvalue weighted by atomic mass is 79.9. The predicted octanol–water partition coefficient (Wildman–Crippen LogP) is 2.89. The van der Waals surface area contributed by atoms with Crippen molar-refractivity contribution in [3.63, 3.8) is 0 Å². The molecule has 4 nitrogen and oxygen atoms in total. The highest BCUT2D eigenvalue weighted by molar-refractivity contribution is 9.09. The molecule has 0 saturated carbocycles. The highest BCUT2D eigenvalue weighted by Crippen LogP contribution is 2.22. The third kappa shape index (κ3) is 9.15. The van der Waals surface area contributed by atoms with E-state index in [2.05, 4.69) is 42.0 Å². The van der Waals surface area contributed by atoms with Crippen molar-refractivity contribution in [1.82, 2.24) is 5.32 Å². The minimum Gasteiger partial charge on any atom is -0.450 e. The quantitative estimate of drug-likeness (QED) is 0.768. The second-order valence-corrected chi connectivity index (χ2v) is 5.76. The fourth-order valence-corrected chi connectivity index (χ4v) is 1.81. The Morgan fingerprint density at radius 1 is 1.35 bits per heavy atom. The van der Waals surface area contributed by atoms with Crippen LogP contribution in [0.1, 0.15) is 40.5 Å². The van der Waals surface area contributed by atoms with Crippen LogP contribution < -0.4 is 5.32 Å². The predicted molar refractivity (Wildman–Crippen MR) is 71.4 cm³/mol. The van der Waals surface area contributed by atoms with E-state index in [9.17, 15) is 9.59 Å². The van der Waals surface area contributed by atoms with E-state index in [1.165, 1.54) is 0 Å². The van der Waals surface area contributed by atoms with Gasteiger partial charge in [0.1, 0.15) is 5.78 Å². The summed E-state index contributed by atoms with van der Waals surface area (Å²) in [6.45, 7) is 8.31. The molecule has 0 heterocycles. The van der Waals surface area contributed by atoms with Crippen molar-refractivity contribution in [2.24, 2.45) is 5.41 Å². The second kappa shape index (κ2) is 7.69. The summed E-state index contributed by atoms with van der Waals surface area (Å²) in [6, 6.07) is -0.168. The lowest BCUT2D eigenvalue weighted by atomic mass is 9.86. The topological polar surface area (TPSA) is 55.4 Å². The van der Waals surface area contributed by atoms with Crippen molar-refractivity contribution in [3.8, 4) is 0 Å². The molecular weight excluding hydrogens is 286 g/mol. The Hall–Kier alpha value is -0.580. The number of hydrogen-bond donors (Lipinski definition) is 1. The van der Waals surface area contributed by atoms with Gasteiger partial charge in [0.2, 0.25) is 0 Å². The van der Waals surface area contributed by atoms with Gasteiger partial charge in [-0.15, -0.1) is 0 Å². The van der Waals surface area contributed by atoms with Crippen LogP contribution in [0.5, 0.6) is 0 Å². The molecule has 100 valence electrons. The zero-order chi connectivity index (χ0) is 13.5. The Morgan fingerprint density at radius 2 is 1.94 bits per heavy atom. The van der Waals surface area contributed by atoms with E-state index in [1.807, 2.05) is 0 Å². The van der Waals surface area contributed by atoms with Gasteiger partial charge in [-0.25, -0.2) is 4.79 Å². The number of carbonyl (C=O) groups excluding carboxylic acids is 2. The number of hydrogen-bond acceptors (Lipinski definition) is 3. The molecule has 0 radical (unpaired) electrons. The molecule has 0 aliphatic heterocycles. The largest absolute Gasteiger partial charge is 0.450 e. The van der Waals surface area contributed by atoms with Crippen molar-refractivity contribution in [2.75, 3.05) is 11.9 Å². The summed E-state index contributed by atoms with van der Waals surface area (Å²) in [5.74, 6) is 0.0797. The van der Waals surface area contributed by atoms with E-state index in [1.54, 1.807) is 6.92 Å². The standard InChI is InChI=1S/C12H22BrNO3/c1-5-17-11(16)14-9(6-10(15)8-13)7-12(2,3)4/h9H,5-8H2,1-4H3,(H,14,16). The summed E-state index contributed by atoms with van der Waals surface area (Å²) in [5.41, 5.74) is 0.0523. The molecule has 1 N–H and O–H groups in total. The summed E-state index contributed by atoms with van der Waals surface area (Å²) in [5, 5.41) is 3.05. The van der Waals surface area contributed by atoms with Gasteiger partial charge < -0.3 is 10.1 Å². The van der Waals surface area contributed by atoms with Crippen LogP contribution in [-0.4, -0.2) is 29.9 Å². The van der Waals surface area contributed by atoms with Crippen LogP contribution in [0.25, 0.3) is 0 Å². The van der Waals surface area contributed by atoms with Crippen molar-refractivity contribution in [3.05, 3.63) is 0 Å². The normalized spacial score (nSPS) is 13.0. The number of nitrogens with one attached hydrogen (secondary N) is 1. The first-order chi connectivity index (χ1) is 7.78. The van der Waals surface area contributed by atoms with Gasteiger partial charge in [0.25, 0.3) is 0 Å². The number of Topliss-reactive ketones (excluding diaryl/α,β-unsaturated/α-hetero) is 1. The Labute approximate surface area is 112 Å². The molecule has 0 bridgehead atoms. The molecule has 0 aliphatic carbocycles. The second-order valence-electron chi connectivity index (χ2n) is 5.20. The third-order valence-electron chi connectivity index (χ3n) is 2.08. The van der Waals surface area contributed by atoms with Gasteiger partial charge >= 0.3 is 6.09 Å². The van der Waals surface area contributed by atoms with Crippen molar-refractivity contribution in [2.45, 2.75) is 46.6 Å². The van der Waals surface area contributed by atoms with Crippen molar-refractivity contribution in [1.29, 1.82) is 0 Å². The lowest BCUT2D eigenvalue weighted by Crippen LogP contribution is -2.39. The molecule has 0 rings (SSSR count). The molecule has 1 unspecified atom stereocenters. The molecule has 5 heteroatoms. The molecule has 0 fully saturated rings. The summed E-state index contributed by atoms with van der Waals surface area (Å²) >= 11 is 3.13. The first-order valence-corrected chi connectivity index (χ1v) is 6.91. The lowest BCUT2D eigenvalue weighted by Gasteiger charge is -2.26. The molecule has 0 aliphatic rings. The zero-order valence-electron chi connectivity index (χ0n) is 11.0.